The fourth-order valence-corrected chi connectivity index (χ4v) is 3.13. The Kier molecular flexibility index (Phi) is 4.20. The predicted molar refractivity (Wildman–Crippen MR) is 87.2 cm³/mol. The van der Waals surface area contributed by atoms with Gasteiger partial charge in [0.25, 0.3) is 0 Å². The van der Waals surface area contributed by atoms with Crippen LogP contribution in [0.5, 0.6) is 0 Å². The van der Waals surface area contributed by atoms with Crippen LogP contribution in [-0.2, 0) is 19.3 Å². The van der Waals surface area contributed by atoms with Crippen LogP contribution in [-0.4, -0.2) is 29.5 Å². The number of nitrogen functional groups attached to an aromatic ring is 1. The first-order valence-electron chi connectivity index (χ1n) is 7.70. The Morgan fingerprint density at radius 3 is 2.90 bits per heavy atom. The van der Waals surface area contributed by atoms with Crippen molar-refractivity contribution >= 4 is 5.69 Å². The molecular formula is C18H23N3. The van der Waals surface area contributed by atoms with Crippen LogP contribution >= 0.6 is 0 Å². The van der Waals surface area contributed by atoms with Crippen LogP contribution in [0, 0.1) is 0 Å². The number of hydrogen-bond donors (Lipinski definition) is 1. The van der Waals surface area contributed by atoms with E-state index in [0.29, 0.717) is 6.04 Å². The number of likely N-dealkylation sites (N-methyl/N-ethyl adjacent to an activating group) is 1. The Morgan fingerprint density at radius 1 is 1.29 bits per heavy atom. The summed E-state index contributed by atoms with van der Waals surface area (Å²) >= 11 is 0. The molecule has 1 aliphatic carbocycles. The highest BCUT2D eigenvalue weighted by Gasteiger charge is 2.22. The van der Waals surface area contributed by atoms with Crippen molar-refractivity contribution in [1.82, 2.24) is 9.88 Å². The normalized spacial score (nSPS) is 17.7. The van der Waals surface area contributed by atoms with Gasteiger partial charge in [-0.25, -0.2) is 0 Å². The van der Waals surface area contributed by atoms with Gasteiger partial charge in [0, 0.05) is 18.3 Å². The molecule has 3 nitrogen and oxygen atoms in total. The monoisotopic (exact) mass is 281 g/mol. The number of benzene rings is 1. The fraction of sp³-hybridized carbons (Fsp3) is 0.389. The maximum atomic E-state index is 5.86. The molecule has 2 N–H and O–H groups in total. The van der Waals surface area contributed by atoms with Gasteiger partial charge < -0.3 is 10.6 Å². The number of aryl methyl sites for hydroxylation is 1. The van der Waals surface area contributed by atoms with E-state index >= 15 is 0 Å². The van der Waals surface area contributed by atoms with Crippen molar-refractivity contribution in [3.05, 3.63) is 59.4 Å². The first kappa shape index (κ1) is 14.1. The summed E-state index contributed by atoms with van der Waals surface area (Å²) in [5, 5.41) is 0. The Morgan fingerprint density at radius 2 is 2.10 bits per heavy atom. The molecule has 1 unspecified atom stereocenters. The van der Waals surface area contributed by atoms with Crippen LogP contribution in [0.2, 0.25) is 0 Å². The molecule has 110 valence electrons. The van der Waals surface area contributed by atoms with Crippen LogP contribution in [0.25, 0.3) is 0 Å². The highest BCUT2D eigenvalue weighted by atomic mass is 15.1. The van der Waals surface area contributed by atoms with Gasteiger partial charge in [-0.1, -0.05) is 30.3 Å². The summed E-state index contributed by atoms with van der Waals surface area (Å²) in [6.45, 7) is 1.10. The molecular weight excluding hydrogens is 258 g/mol. The molecule has 0 amide bonds. The molecule has 0 saturated heterocycles. The quantitative estimate of drug-likeness (QED) is 0.937. The minimum Gasteiger partial charge on any atom is -0.397 e. The van der Waals surface area contributed by atoms with Gasteiger partial charge in [-0.3, -0.25) is 4.98 Å². The molecule has 21 heavy (non-hydrogen) atoms. The van der Waals surface area contributed by atoms with Gasteiger partial charge in [-0.2, -0.15) is 0 Å². The lowest BCUT2D eigenvalue weighted by Crippen LogP contribution is -2.38. The number of aromatic nitrogens is 1. The van der Waals surface area contributed by atoms with E-state index < -0.39 is 0 Å². The second-order valence-corrected chi connectivity index (χ2v) is 5.99. The molecule has 1 aromatic heterocycles. The van der Waals surface area contributed by atoms with E-state index in [1.165, 1.54) is 23.2 Å². The molecule has 3 heteroatoms. The average Bonchev–Trinajstić information content (AvgIpc) is 2.53. The van der Waals surface area contributed by atoms with Gasteiger partial charge in [0.15, 0.2) is 0 Å². The first-order valence-corrected chi connectivity index (χ1v) is 7.70. The van der Waals surface area contributed by atoms with E-state index in [9.17, 15) is 0 Å². The summed E-state index contributed by atoms with van der Waals surface area (Å²) < 4.78 is 0. The van der Waals surface area contributed by atoms with Crippen molar-refractivity contribution < 1.29 is 0 Å². The zero-order valence-corrected chi connectivity index (χ0v) is 12.6. The summed E-state index contributed by atoms with van der Waals surface area (Å²) in [4.78, 5) is 6.95. The molecule has 0 radical (unpaired) electrons. The largest absolute Gasteiger partial charge is 0.397 e. The predicted octanol–water partition coefficient (Wildman–Crippen LogP) is 2.70. The number of anilines is 1. The minimum absolute atomic E-state index is 0.602. The average molecular weight is 281 g/mol. The van der Waals surface area contributed by atoms with Crippen LogP contribution in [0.1, 0.15) is 23.2 Å². The number of fused-ring (bicyclic) bond motifs is 1. The summed E-state index contributed by atoms with van der Waals surface area (Å²) in [6, 6.07) is 13.4. The smallest absolute Gasteiger partial charge is 0.0503 e. The van der Waals surface area contributed by atoms with E-state index in [0.717, 1.165) is 31.5 Å². The molecule has 1 atom stereocenters. The Bertz CT molecular complexity index is 595. The van der Waals surface area contributed by atoms with E-state index in [-0.39, 0.29) is 0 Å². The number of nitrogens with zero attached hydrogens (tertiary/aromatic N) is 2. The van der Waals surface area contributed by atoms with E-state index in [1.807, 2.05) is 0 Å². The van der Waals surface area contributed by atoms with Crippen molar-refractivity contribution in [3.8, 4) is 0 Å². The topological polar surface area (TPSA) is 42.2 Å². The summed E-state index contributed by atoms with van der Waals surface area (Å²) in [7, 11) is 2.23. The number of pyridine rings is 1. The van der Waals surface area contributed by atoms with Crippen molar-refractivity contribution in [2.45, 2.75) is 31.7 Å². The van der Waals surface area contributed by atoms with Crippen LogP contribution in [0.3, 0.4) is 0 Å². The van der Waals surface area contributed by atoms with E-state index in [4.69, 9.17) is 5.73 Å². The molecule has 0 saturated carbocycles. The minimum atomic E-state index is 0.602. The molecule has 1 aromatic carbocycles. The van der Waals surface area contributed by atoms with Gasteiger partial charge >= 0.3 is 0 Å². The second-order valence-electron chi connectivity index (χ2n) is 5.99. The molecule has 3 rings (SSSR count). The number of rotatable bonds is 4. The third-order valence-corrected chi connectivity index (χ3v) is 4.47. The van der Waals surface area contributed by atoms with Gasteiger partial charge in [0.1, 0.15) is 0 Å². The fourth-order valence-electron chi connectivity index (χ4n) is 3.13. The molecule has 2 aromatic rings. The lowest BCUT2D eigenvalue weighted by Gasteiger charge is -2.32. The maximum absolute atomic E-state index is 5.86. The summed E-state index contributed by atoms with van der Waals surface area (Å²) in [5.41, 5.74) is 10.6. The molecule has 0 aliphatic heterocycles. The van der Waals surface area contributed by atoms with Gasteiger partial charge in [0.05, 0.1) is 11.9 Å². The van der Waals surface area contributed by atoms with E-state index in [2.05, 4.69) is 53.3 Å². The molecule has 0 spiro atoms. The highest BCUT2D eigenvalue weighted by Crippen LogP contribution is 2.24. The standard InChI is InChI=1S/C18H23N3/c1-21(10-9-14-5-3-2-4-6-14)17-7-8-18-15(12-17)11-16(19)13-20-18/h2-6,11,13,17H,7-10,12,19H2,1H3. The van der Waals surface area contributed by atoms with E-state index in [1.54, 1.807) is 6.20 Å². The summed E-state index contributed by atoms with van der Waals surface area (Å²) in [6.07, 6.45) is 6.21. The lowest BCUT2D eigenvalue weighted by molar-refractivity contribution is 0.223. The lowest BCUT2D eigenvalue weighted by atomic mass is 9.90. The SMILES string of the molecule is CN(CCc1ccccc1)C1CCc2ncc(N)cc2C1. The third kappa shape index (κ3) is 3.42. The van der Waals surface area contributed by atoms with Crippen molar-refractivity contribution in [3.63, 3.8) is 0 Å². The summed E-state index contributed by atoms with van der Waals surface area (Å²) in [5.74, 6) is 0. The Labute approximate surface area is 126 Å². The zero-order chi connectivity index (χ0) is 14.7. The number of hydrogen-bond acceptors (Lipinski definition) is 3. The Hall–Kier alpha value is -1.87. The zero-order valence-electron chi connectivity index (χ0n) is 12.6. The highest BCUT2D eigenvalue weighted by molar-refractivity contribution is 5.41. The number of nitrogens with two attached hydrogens (primary N) is 1. The van der Waals surface area contributed by atoms with Crippen molar-refractivity contribution in [2.75, 3.05) is 19.3 Å². The molecule has 1 aliphatic rings. The second kappa shape index (κ2) is 6.27. The van der Waals surface area contributed by atoms with Gasteiger partial charge in [-0.15, -0.1) is 0 Å². The van der Waals surface area contributed by atoms with Gasteiger partial charge in [0.2, 0.25) is 0 Å². The van der Waals surface area contributed by atoms with Crippen LogP contribution in [0.15, 0.2) is 42.6 Å². The van der Waals surface area contributed by atoms with Crippen LogP contribution in [0.4, 0.5) is 5.69 Å². The van der Waals surface area contributed by atoms with Gasteiger partial charge in [-0.05, 0) is 49.9 Å². The third-order valence-electron chi connectivity index (χ3n) is 4.47. The molecule has 1 heterocycles. The Balaban J connectivity index is 1.60. The molecule has 0 bridgehead atoms. The molecule has 0 fully saturated rings. The maximum Gasteiger partial charge on any atom is 0.0503 e. The van der Waals surface area contributed by atoms with Crippen LogP contribution < -0.4 is 5.73 Å². The first-order chi connectivity index (χ1) is 10.2. The van der Waals surface area contributed by atoms with Crippen molar-refractivity contribution in [1.29, 1.82) is 0 Å². The van der Waals surface area contributed by atoms with Crippen molar-refractivity contribution in [2.24, 2.45) is 0 Å².